The lowest BCUT2D eigenvalue weighted by Crippen LogP contribution is -2.46. The molecule has 2 aliphatic heterocycles. The van der Waals surface area contributed by atoms with E-state index in [1.54, 1.807) is 28.8 Å². The van der Waals surface area contributed by atoms with Crippen LogP contribution in [0.15, 0.2) is 24.3 Å². The van der Waals surface area contributed by atoms with Crippen molar-refractivity contribution in [1.82, 2.24) is 15.1 Å². The predicted octanol–water partition coefficient (Wildman–Crippen LogP) is 0.928. The molecule has 0 aliphatic carbocycles. The van der Waals surface area contributed by atoms with Crippen LogP contribution in [0.5, 0.6) is 5.75 Å². The SMILES string of the molecule is O=C(COc1ccccc1F)N1CCCN(C(=O)C2CSCN2)CC1. The highest BCUT2D eigenvalue weighted by molar-refractivity contribution is 7.99. The second kappa shape index (κ2) is 8.53. The topological polar surface area (TPSA) is 61.9 Å². The summed E-state index contributed by atoms with van der Waals surface area (Å²) < 4.78 is 18.8. The van der Waals surface area contributed by atoms with Crippen LogP contribution in [0.4, 0.5) is 4.39 Å². The summed E-state index contributed by atoms with van der Waals surface area (Å²) in [4.78, 5) is 28.3. The van der Waals surface area contributed by atoms with Gasteiger partial charge < -0.3 is 14.5 Å². The van der Waals surface area contributed by atoms with Crippen LogP contribution < -0.4 is 10.1 Å². The van der Waals surface area contributed by atoms with Crippen LogP contribution in [0.25, 0.3) is 0 Å². The smallest absolute Gasteiger partial charge is 0.260 e. The number of carbonyl (C=O) groups is 2. The lowest BCUT2D eigenvalue weighted by atomic mass is 10.2. The molecule has 1 atom stereocenters. The van der Waals surface area contributed by atoms with Crippen LogP contribution in [0.3, 0.4) is 0 Å². The molecule has 0 radical (unpaired) electrons. The van der Waals surface area contributed by atoms with Crippen LogP contribution in [-0.4, -0.2) is 72.1 Å². The van der Waals surface area contributed by atoms with E-state index in [0.717, 1.165) is 18.1 Å². The molecule has 2 fully saturated rings. The highest BCUT2D eigenvalue weighted by atomic mass is 32.2. The molecule has 8 heteroatoms. The molecule has 2 amide bonds. The molecule has 0 spiro atoms. The van der Waals surface area contributed by atoms with Gasteiger partial charge in [-0.3, -0.25) is 14.9 Å². The van der Waals surface area contributed by atoms with Gasteiger partial charge in [0.15, 0.2) is 18.2 Å². The Kier molecular flexibility index (Phi) is 6.14. The molecule has 2 saturated heterocycles. The number of rotatable bonds is 4. The second-order valence-electron chi connectivity index (χ2n) is 6.05. The Morgan fingerprint density at radius 2 is 1.96 bits per heavy atom. The van der Waals surface area contributed by atoms with Crippen molar-refractivity contribution in [2.24, 2.45) is 0 Å². The Labute approximate surface area is 150 Å². The van der Waals surface area contributed by atoms with Crippen LogP contribution in [0.2, 0.25) is 0 Å². The van der Waals surface area contributed by atoms with Crippen LogP contribution >= 0.6 is 11.8 Å². The molecule has 0 bridgehead atoms. The maximum absolute atomic E-state index is 13.5. The zero-order chi connectivity index (χ0) is 17.6. The number of nitrogens with one attached hydrogen (secondary N) is 1. The lowest BCUT2D eigenvalue weighted by molar-refractivity contribution is -0.135. The van der Waals surface area contributed by atoms with Crippen molar-refractivity contribution in [1.29, 1.82) is 0 Å². The minimum Gasteiger partial charge on any atom is -0.481 e. The molecular weight excluding hydrogens is 345 g/mol. The fourth-order valence-electron chi connectivity index (χ4n) is 2.95. The first-order valence-electron chi connectivity index (χ1n) is 8.40. The predicted molar refractivity (Wildman–Crippen MR) is 93.9 cm³/mol. The first kappa shape index (κ1) is 18.0. The minimum absolute atomic E-state index is 0.0762. The zero-order valence-electron chi connectivity index (χ0n) is 13.9. The second-order valence-corrected chi connectivity index (χ2v) is 7.08. The van der Waals surface area contributed by atoms with Gasteiger partial charge in [0.05, 0.1) is 6.04 Å². The minimum atomic E-state index is -0.482. The maximum Gasteiger partial charge on any atom is 0.260 e. The largest absolute Gasteiger partial charge is 0.481 e. The molecule has 1 aromatic carbocycles. The van der Waals surface area contributed by atoms with Crippen molar-refractivity contribution in [2.45, 2.75) is 12.5 Å². The molecule has 136 valence electrons. The summed E-state index contributed by atoms with van der Waals surface area (Å²) in [5.41, 5.74) is 0. The standard InChI is InChI=1S/C17H22FN3O3S/c18-13-4-1-2-5-15(13)24-10-16(22)20-6-3-7-21(9-8-20)17(23)14-11-25-12-19-14/h1-2,4-5,14,19H,3,6-12H2. The molecule has 3 rings (SSSR count). The number of amides is 2. The summed E-state index contributed by atoms with van der Waals surface area (Å²) in [5.74, 6) is 1.13. The molecule has 0 saturated carbocycles. The van der Waals surface area contributed by atoms with Gasteiger partial charge in [0.1, 0.15) is 0 Å². The van der Waals surface area contributed by atoms with Crippen molar-refractivity contribution in [3.63, 3.8) is 0 Å². The van der Waals surface area contributed by atoms with Gasteiger partial charge >= 0.3 is 0 Å². The summed E-state index contributed by atoms with van der Waals surface area (Å²) in [7, 11) is 0. The Morgan fingerprint density at radius 1 is 1.20 bits per heavy atom. The third-order valence-electron chi connectivity index (χ3n) is 4.36. The number of thioether (sulfide) groups is 1. The molecule has 1 aromatic rings. The molecule has 0 aromatic heterocycles. The van der Waals surface area contributed by atoms with E-state index in [4.69, 9.17) is 4.74 Å². The van der Waals surface area contributed by atoms with Gasteiger partial charge in [-0.05, 0) is 18.6 Å². The monoisotopic (exact) mass is 367 g/mol. The Hall–Kier alpha value is -1.80. The summed E-state index contributed by atoms with van der Waals surface area (Å²) in [6.45, 7) is 2.03. The van der Waals surface area contributed by atoms with Gasteiger partial charge in [0.2, 0.25) is 5.91 Å². The summed E-state index contributed by atoms with van der Waals surface area (Å²) in [6.07, 6.45) is 0.733. The van der Waals surface area contributed by atoms with E-state index in [1.165, 1.54) is 12.1 Å². The normalized spacial score (nSPS) is 21.1. The molecule has 2 heterocycles. The number of benzene rings is 1. The van der Waals surface area contributed by atoms with Crippen molar-refractivity contribution < 1.29 is 18.7 Å². The first-order valence-corrected chi connectivity index (χ1v) is 9.55. The Morgan fingerprint density at radius 3 is 2.72 bits per heavy atom. The number of carbonyl (C=O) groups excluding carboxylic acids is 2. The molecule has 1 unspecified atom stereocenters. The highest BCUT2D eigenvalue weighted by Gasteiger charge is 2.29. The van der Waals surface area contributed by atoms with Gasteiger partial charge in [0, 0.05) is 37.8 Å². The third kappa shape index (κ3) is 4.64. The van der Waals surface area contributed by atoms with Crippen LogP contribution in [0.1, 0.15) is 6.42 Å². The molecule has 25 heavy (non-hydrogen) atoms. The number of para-hydroxylation sites is 1. The number of hydrogen-bond acceptors (Lipinski definition) is 5. The number of halogens is 1. The highest BCUT2D eigenvalue weighted by Crippen LogP contribution is 2.16. The Balaban J connectivity index is 1.49. The maximum atomic E-state index is 13.5. The van der Waals surface area contributed by atoms with Crippen molar-refractivity contribution in [3.8, 4) is 5.75 Å². The van der Waals surface area contributed by atoms with Gasteiger partial charge in [0.25, 0.3) is 5.91 Å². The summed E-state index contributed by atoms with van der Waals surface area (Å²) in [6, 6.07) is 5.91. The van der Waals surface area contributed by atoms with Crippen molar-refractivity contribution in [2.75, 3.05) is 44.4 Å². The average Bonchev–Trinajstić information content (AvgIpc) is 3.04. The fraction of sp³-hybridized carbons (Fsp3) is 0.529. The van der Waals surface area contributed by atoms with E-state index in [0.29, 0.717) is 26.2 Å². The van der Waals surface area contributed by atoms with Crippen molar-refractivity contribution >= 4 is 23.6 Å². The molecule has 2 aliphatic rings. The molecular formula is C17H22FN3O3S. The van der Waals surface area contributed by atoms with Crippen LogP contribution in [0, 0.1) is 5.82 Å². The van der Waals surface area contributed by atoms with Gasteiger partial charge in [-0.1, -0.05) is 12.1 Å². The van der Waals surface area contributed by atoms with Gasteiger partial charge in [-0.15, -0.1) is 11.8 Å². The van der Waals surface area contributed by atoms with Crippen LogP contribution in [-0.2, 0) is 9.59 Å². The van der Waals surface area contributed by atoms with E-state index >= 15 is 0 Å². The van der Waals surface area contributed by atoms with Gasteiger partial charge in [-0.2, -0.15) is 0 Å². The number of hydrogen-bond donors (Lipinski definition) is 1. The lowest BCUT2D eigenvalue weighted by Gasteiger charge is -2.24. The number of ether oxygens (including phenoxy) is 1. The molecule has 1 N–H and O–H groups in total. The van der Waals surface area contributed by atoms with E-state index < -0.39 is 5.82 Å². The Bertz CT molecular complexity index is 625. The number of nitrogens with zero attached hydrogens (tertiary/aromatic N) is 2. The molecule has 6 nitrogen and oxygen atoms in total. The summed E-state index contributed by atoms with van der Waals surface area (Å²) >= 11 is 1.72. The average molecular weight is 367 g/mol. The van der Waals surface area contributed by atoms with E-state index in [1.807, 2.05) is 4.90 Å². The van der Waals surface area contributed by atoms with Gasteiger partial charge in [-0.25, -0.2) is 4.39 Å². The fourth-order valence-corrected chi connectivity index (χ4v) is 3.89. The van der Waals surface area contributed by atoms with E-state index in [-0.39, 0.29) is 30.2 Å². The van der Waals surface area contributed by atoms with Crippen molar-refractivity contribution in [3.05, 3.63) is 30.1 Å². The quantitative estimate of drug-likeness (QED) is 0.858. The third-order valence-corrected chi connectivity index (χ3v) is 5.30. The first-order chi connectivity index (χ1) is 12.1. The summed E-state index contributed by atoms with van der Waals surface area (Å²) in [5, 5.41) is 3.19. The van der Waals surface area contributed by atoms with E-state index in [9.17, 15) is 14.0 Å². The van der Waals surface area contributed by atoms with E-state index in [2.05, 4.69) is 5.32 Å². The zero-order valence-corrected chi connectivity index (χ0v) is 14.8.